The molecule has 1 aliphatic rings. The summed E-state index contributed by atoms with van der Waals surface area (Å²) < 4.78 is 2.89. The lowest BCUT2D eigenvalue weighted by molar-refractivity contribution is -0.887. The Morgan fingerprint density at radius 2 is 1.85 bits per heavy atom. The highest BCUT2D eigenvalue weighted by atomic mass is 16.2. The number of aromatic nitrogens is 2. The topological polar surface area (TPSA) is 48.4 Å². The summed E-state index contributed by atoms with van der Waals surface area (Å²) in [5, 5.41) is 0. The van der Waals surface area contributed by atoms with Crippen molar-refractivity contribution in [3.8, 4) is 0 Å². The first-order valence-corrected chi connectivity index (χ1v) is 7.70. The first kappa shape index (κ1) is 15.0. The van der Waals surface area contributed by atoms with Gasteiger partial charge in [0.1, 0.15) is 0 Å². The molecular formula is C15H26N3O2+. The molecule has 1 aromatic rings. The largest absolute Gasteiger partial charge is 0.335 e. The van der Waals surface area contributed by atoms with E-state index < -0.39 is 0 Å². The second-order valence-corrected chi connectivity index (χ2v) is 5.88. The summed E-state index contributed by atoms with van der Waals surface area (Å²) in [6.07, 6.45) is 6.14. The minimum Gasteiger partial charge on any atom is -0.335 e. The minimum absolute atomic E-state index is 0.194. The van der Waals surface area contributed by atoms with E-state index >= 15 is 0 Å². The maximum absolute atomic E-state index is 12.0. The molecule has 5 heteroatoms. The van der Waals surface area contributed by atoms with Crippen molar-refractivity contribution in [1.82, 2.24) is 9.13 Å². The van der Waals surface area contributed by atoms with Gasteiger partial charge in [-0.2, -0.15) is 0 Å². The summed E-state index contributed by atoms with van der Waals surface area (Å²) in [7, 11) is 1.54. The standard InChI is InChI=1S/C15H25N3O2/c1-13-12-14(19)16(2)15(20)18(13)11-5-3-4-8-17-9-6-7-10-17/h12H,3-11H2,1-2H3/p+1. The Labute approximate surface area is 119 Å². The highest BCUT2D eigenvalue weighted by Gasteiger charge is 2.14. The van der Waals surface area contributed by atoms with E-state index in [-0.39, 0.29) is 11.2 Å². The van der Waals surface area contributed by atoms with Crippen LogP contribution < -0.4 is 16.1 Å². The third kappa shape index (κ3) is 3.60. The Morgan fingerprint density at radius 1 is 1.15 bits per heavy atom. The molecule has 1 N–H and O–H groups in total. The zero-order valence-electron chi connectivity index (χ0n) is 12.7. The lowest BCUT2D eigenvalue weighted by Crippen LogP contribution is -3.09. The fourth-order valence-electron chi connectivity index (χ4n) is 3.00. The van der Waals surface area contributed by atoms with Gasteiger partial charge in [0, 0.05) is 38.2 Å². The van der Waals surface area contributed by atoms with Gasteiger partial charge < -0.3 is 4.90 Å². The molecule has 1 aliphatic heterocycles. The molecule has 0 radical (unpaired) electrons. The van der Waals surface area contributed by atoms with E-state index in [9.17, 15) is 9.59 Å². The third-order valence-corrected chi connectivity index (χ3v) is 4.33. The number of unbranched alkanes of at least 4 members (excludes halogenated alkanes) is 2. The lowest BCUT2D eigenvalue weighted by atomic mass is 10.2. The van der Waals surface area contributed by atoms with Crippen molar-refractivity contribution >= 4 is 0 Å². The zero-order valence-corrected chi connectivity index (χ0v) is 12.7. The van der Waals surface area contributed by atoms with Crippen molar-refractivity contribution in [2.24, 2.45) is 7.05 Å². The van der Waals surface area contributed by atoms with E-state index in [0.717, 1.165) is 18.5 Å². The Morgan fingerprint density at radius 3 is 2.55 bits per heavy atom. The van der Waals surface area contributed by atoms with E-state index in [1.165, 1.54) is 56.6 Å². The third-order valence-electron chi connectivity index (χ3n) is 4.33. The lowest BCUT2D eigenvalue weighted by Gasteiger charge is -2.13. The SMILES string of the molecule is Cc1cc(=O)n(C)c(=O)n1CCCCC[NH+]1CCCC1. The van der Waals surface area contributed by atoms with Crippen LogP contribution in [-0.4, -0.2) is 28.8 Å². The van der Waals surface area contributed by atoms with Crippen molar-refractivity contribution < 1.29 is 4.90 Å². The number of aryl methyl sites for hydroxylation is 1. The molecule has 0 aliphatic carbocycles. The molecular weight excluding hydrogens is 254 g/mol. The summed E-state index contributed by atoms with van der Waals surface area (Å²) in [4.78, 5) is 25.2. The molecule has 20 heavy (non-hydrogen) atoms. The summed E-state index contributed by atoms with van der Waals surface area (Å²) >= 11 is 0. The van der Waals surface area contributed by atoms with Gasteiger partial charge in [0.05, 0.1) is 19.6 Å². The zero-order chi connectivity index (χ0) is 14.5. The van der Waals surface area contributed by atoms with Crippen LogP contribution in [0.15, 0.2) is 15.7 Å². The molecule has 0 saturated carbocycles. The molecule has 1 saturated heterocycles. The molecule has 2 rings (SSSR count). The Kier molecular flexibility index (Phi) is 5.17. The van der Waals surface area contributed by atoms with Gasteiger partial charge in [0.15, 0.2) is 0 Å². The molecule has 0 spiro atoms. The van der Waals surface area contributed by atoms with Gasteiger partial charge in [-0.3, -0.25) is 13.9 Å². The predicted octanol–water partition coefficient (Wildman–Crippen LogP) is -0.296. The highest BCUT2D eigenvalue weighted by Crippen LogP contribution is 1.99. The summed E-state index contributed by atoms with van der Waals surface area (Å²) in [6.45, 7) is 6.48. The van der Waals surface area contributed by atoms with Crippen LogP contribution >= 0.6 is 0 Å². The summed E-state index contributed by atoms with van der Waals surface area (Å²) in [5.41, 5.74) is 0.352. The molecule has 0 amide bonds. The molecule has 0 bridgehead atoms. The van der Waals surface area contributed by atoms with Crippen molar-refractivity contribution in [3.63, 3.8) is 0 Å². The minimum atomic E-state index is -0.221. The van der Waals surface area contributed by atoms with Crippen LogP contribution in [0.5, 0.6) is 0 Å². The highest BCUT2D eigenvalue weighted by molar-refractivity contribution is 4.99. The fourth-order valence-corrected chi connectivity index (χ4v) is 3.00. The fraction of sp³-hybridized carbons (Fsp3) is 0.733. The van der Waals surface area contributed by atoms with Crippen LogP contribution in [-0.2, 0) is 13.6 Å². The first-order chi connectivity index (χ1) is 9.59. The number of rotatable bonds is 6. The van der Waals surface area contributed by atoms with Crippen LogP contribution in [0.2, 0.25) is 0 Å². The molecule has 0 aromatic carbocycles. The second kappa shape index (κ2) is 6.88. The predicted molar refractivity (Wildman–Crippen MR) is 79.3 cm³/mol. The van der Waals surface area contributed by atoms with E-state index in [1.807, 2.05) is 6.92 Å². The van der Waals surface area contributed by atoms with Crippen LogP contribution in [0.4, 0.5) is 0 Å². The van der Waals surface area contributed by atoms with Gasteiger partial charge in [-0.05, 0) is 26.2 Å². The number of quaternary nitrogens is 1. The number of nitrogens with zero attached hydrogens (tertiary/aromatic N) is 2. The molecule has 1 aromatic heterocycles. The molecule has 1 fully saturated rings. The number of hydrogen-bond acceptors (Lipinski definition) is 2. The van der Waals surface area contributed by atoms with Gasteiger partial charge in [-0.15, -0.1) is 0 Å². The van der Waals surface area contributed by atoms with Gasteiger partial charge in [0.2, 0.25) is 0 Å². The van der Waals surface area contributed by atoms with Gasteiger partial charge in [-0.1, -0.05) is 0 Å². The van der Waals surface area contributed by atoms with Gasteiger partial charge in [-0.25, -0.2) is 4.79 Å². The maximum Gasteiger partial charge on any atom is 0.330 e. The molecule has 0 unspecified atom stereocenters. The maximum atomic E-state index is 12.0. The quantitative estimate of drug-likeness (QED) is 0.728. The van der Waals surface area contributed by atoms with Crippen LogP contribution in [0.3, 0.4) is 0 Å². The van der Waals surface area contributed by atoms with E-state index in [2.05, 4.69) is 0 Å². The molecule has 2 heterocycles. The van der Waals surface area contributed by atoms with Crippen molar-refractivity contribution in [2.45, 2.75) is 45.6 Å². The number of nitrogens with one attached hydrogen (secondary N) is 1. The van der Waals surface area contributed by atoms with Crippen molar-refractivity contribution in [2.75, 3.05) is 19.6 Å². The Bertz CT molecular complexity index is 553. The molecule has 5 nitrogen and oxygen atoms in total. The second-order valence-electron chi connectivity index (χ2n) is 5.88. The molecule has 0 atom stereocenters. The molecule has 112 valence electrons. The average Bonchev–Trinajstić information content (AvgIpc) is 2.92. The van der Waals surface area contributed by atoms with Gasteiger partial charge in [0.25, 0.3) is 5.56 Å². The van der Waals surface area contributed by atoms with E-state index in [1.54, 1.807) is 9.47 Å². The van der Waals surface area contributed by atoms with Crippen LogP contribution in [0, 0.1) is 6.92 Å². The normalized spacial score (nSPS) is 15.9. The summed E-state index contributed by atoms with van der Waals surface area (Å²) in [5.74, 6) is 0. The van der Waals surface area contributed by atoms with Gasteiger partial charge >= 0.3 is 5.69 Å². The smallest absolute Gasteiger partial charge is 0.330 e. The van der Waals surface area contributed by atoms with Crippen LogP contribution in [0.1, 0.15) is 37.8 Å². The Hall–Kier alpha value is -1.36. The van der Waals surface area contributed by atoms with E-state index in [0.29, 0.717) is 6.54 Å². The Balaban J connectivity index is 1.80. The number of likely N-dealkylation sites (tertiary alicyclic amines) is 1. The number of hydrogen-bond donors (Lipinski definition) is 1. The van der Waals surface area contributed by atoms with Crippen molar-refractivity contribution in [1.29, 1.82) is 0 Å². The van der Waals surface area contributed by atoms with Crippen molar-refractivity contribution in [3.05, 3.63) is 32.6 Å². The monoisotopic (exact) mass is 280 g/mol. The van der Waals surface area contributed by atoms with Crippen LogP contribution in [0.25, 0.3) is 0 Å². The summed E-state index contributed by atoms with van der Waals surface area (Å²) in [6, 6.07) is 1.54. The first-order valence-electron chi connectivity index (χ1n) is 7.70. The average molecular weight is 280 g/mol. The van der Waals surface area contributed by atoms with E-state index in [4.69, 9.17) is 0 Å².